The molecule has 1 aliphatic heterocycles. The van der Waals surface area contributed by atoms with E-state index >= 15 is 0 Å². The van der Waals surface area contributed by atoms with Gasteiger partial charge in [0.05, 0.1) is 24.9 Å². The van der Waals surface area contributed by atoms with Crippen molar-refractivity contribution in [2.75, 3.05) is 58.4 Å². The molecule has 0 unspecified atom stereocenters. The number of nitrogens with two attached hydrogens (primary N) is 1. The number of fused-ring (bicyclic) bond motifs is 1. The van der Waals surface area contributed by atoms with Crippen molar-refractivity contribution in [1.82, 2.24) is 20.7 Å². The van der Waals surface area contributed by atoms with Crippen molar-refractivity contribution in [2.24, 2.45) is 5.90 Å². The van der Waals surface area contributed by atoms with Crippen LogP contribution in [0.25, 0.3) is 10.9 Å². The fraction of sp³-hybridized carbons (Fsp3) is 0.370. The molecule has 3 aromatic rings. The molecular formula is C27H34N6O5. The van der Waals surface area contributed by atoms with Gasteiger partial charge in [-0.3, -0.25) is 15.6 Å². The summed E-state index contributed by atoms with van der Waals surface area (Å²) in [7, 11) is 3.15. The van der Waals surface area contributed by atoms with Crippen LogP contribution in [0, 0.1) is 6.92 Å². The van der Waals surface area contributed by atoms with Crippen LogP contribution in [0.2, 0.25) is 0 Å². The minimum atomic E-state index is -0.514. The van der Waals surface area contributed by atoms with E-state index in [0.29, 0.717) is 68.3 Å². The Morgan fingerprint density at radius 3 is 2.47 bits per heavy atom. The fourth-order valence-electron chi connectivity index (χ4n) is 4.50. The predicted octanol–water partition coefficient (Wildman–Crippen LogP) is 2.04. The van der Waals surface area contributed by atoms with E-state index in [4.69, 9.17) is 20.2 Å². The number of ether oxygens (including phenoxy) is 2. The first-order valence-electron chi connectivity index (χ1n) is 12.5. The first-order valence-corrected chi connectivity index (χ1v) is 12.5. The number of aromatic nitrogens is 1. The number of nitrogens with one attached hydrogen (secondary N) is 2. The van der Waals surface area contributed by atoms with E-state index in [9.17, 15) is 9.59 Å². The molecule has 0 saturated carbocycles. The monoisotopic (exact) mass is 522 g/mol. The number of benzene rings is 2. The summed E-state index contributed by atoms with van der Waals surface area (Å²) >= 11 is 0. The van der Waals surface area contributed by atoms with E-state index in [-0.39, 0.29) is 11.8 Å². The minimum Gasteiger partial charge on any atom is -0.477 e. The SMILES string of the molecule is CNNCCCOc1nc2ccc(C)cc2c(N2CCN(C(=O)c3ccc(ON)cc3)CC2)c1C(=O)OC. The summed E-state index contributed by atoms with van der Waals surface area (Å²) in [5.41, 5.74) is 9.23. The number of pyridine rings is 1. The highest BCUT2D eigenvalue weighted by molar-refractivity contribution is 6.07. The molecule has 202 valence electrons. The van der Waals surface area contributed by atoms with Gasteiger partial charge in [-0.25, -0.2) is 9.78 Å². The Kier molecular flexibility index (Phi) is 8.95. The van der Waals surface area contributed by atoms with E-state index in [1.54, 1.807) is 36.2 Å². The first-order chi connectivity index (χ1) is 18.5. The fourth-order valence-corrected chi connectivity index (χ4v) is 4.50. The third-order valence-electron chi connectivity index (χ3n) is 6.45. The van der Waals surface area contributed by atoms with Crippen molar-refractivity contribution in [1.29, 1.82) is 0 Å². The molecule has 0 spiro atoms. The number of carbonyl (C=O) groups excluding carboxylic acids is 2. The molecule has 4 N–H and O–H groups in total. The summed E-state index contributed by atoms with van der Waals surface area (Å²) in [5.74, 6) is 5.33. The number of anilines is 1. The van der Waals surface area contributed by atoms with Gasteiger partial charge in [-0.2, -0.15) is 5.90 Å². The molecule has 2 heterocycles. The number of methoxy groups -OCH3 is 1. The Labute approximate surface area is 221 Å². The van der Waals surface area contributed by atoms with Gasteiger partial charge in [0.15, 0.2) is 0 Å². The maximum atomic E-state index is 13.1. The van der Waals surface area contributed by atoms with Gasteiger partial charge in [-0.05, 0) is 56.8 Å². The molecule has 11 nitrogen and oxygen atoms in total. The molecule has 0 radical (unpaired) electrons. The number of aryl methyl sites for hydroxylation is 1. The molecule has 1 amide bonds. The number of nitrogens with zero attached hydrogens (tertiary/aromatic N) is 3. The zero-order valence-corrected chi connectivity index (χ0v) is 22.0. The number of hydrogen-bond acceptors (Lipinski definition) is 10. The summed E-state index contributed by atoms with van der Waals surface area (Å²) in [6.07, 6.45) is 0.712. The molecule has 2 aromatic carbocycles. The van der Waals surface area contributed by atoms with Crippen LogP contribution in [0.3, 0.4) is 0 Å². The molecule has 1 fully saturated rings. The summed E-state index contributed by atoms with van der Waals surface area (Å²) in [5, 5.41) is 0.840. The van der Waals surface area contributed by atoms with Crippen LogP contribution in [0.4, 0.5) is 5.69 Å². The van der Waals surface area contributed by atoms with E-state index in [1.807, 2.05) is 25.1 Å². The number of amides is 1. The van der Waals surface area contributed by atoms with E-state index in [0.717, 1.165) is 16.5 Å². The lowest BCUT2D eigenvalue weighted by Crippen LogP contribution is -2.49. The number of esters is 1. The largest absolute Gasteiger partial charge is 0.477 e. The normalized spacial score (nSPS) is 13.5. The van der Waals surface area contributed by atoms with Crippen LogP contribution < -0.4 is 31.2 Å². The van der Waals surface area contributed by atoms with Crippen LogP contribution in [-0.4, -0.2) is 75.2 Å². The lowest BCUT2D eigenvalue weighted by atomic mass is 10.0. The average Bonchev–Trinajstić information content (AvgIpc) is 2.95. The Morgan fingerprint density at radius 2 is 1.82 bits per heavy atom. The number of hydrazine groups is 1. The topological polar surface area (TPSA) is 131 Å². The number of rotatable bonds is 10. The summed E-state index contributed by atoms with van der Waals surface area (Å²) in [6.45, 7) is 5.08. The molecular weight excluding hydrogens is 488 g/mol. The third kappa shape index (κ3) is 5.96. The maximum Gasteiger partial charge on any atom is 0.345 e. The van der Waals surface area contributed by atoms with Gasteiger partial charge in [-0.15, -0.1) is 0 Å². The minimum absolute atomic E-state index is 0.0731. The molecule has 38 heavy (non-hydrogen) atoms. The summed E-state index contributed by atoms with van der Waals surface area (Å²) in [4.78, 5) is 39.5. The molecule has 11 heteroatoms. The number of piperazine rings is 1. The van der Waals surface area contributed by atoms with Gasteiger partial charge >= 0.3 is 5.97 Å². The first kappa shape index (κ1) is 27.1. The van der Waals surface area contributed by atoms with Crippen molar-refractivity contribution >= 4 is 28.5 Å². The van der Waals surface area contributed by atoms with Crippen LogP contribution >= 0.6 is 0 Å². The lowest BCUT2D eigenvalue weighted by Gasteiger charge is -2.37. The van der Waals surface area contributed by atoms with Crippen molar-refractivity contribution in [3.05, 3.63) is 59.2 Å². The molecule has 0 aliphatic carbocycles. The highest BCUT2D eigenvalue weighted by atomic mass is 16.6. The van der Waals surface area contributed by atoms with Crippen molar-refractivity contribution in [3.63, 3.8) is 0 Å². The zero-order chi connectivity index (χ0) is 27.1. The van der Waals surface area contributed by atoms with Gasteiger partial charge in [-0.1, -0.05) is 11.6 Å². The second-order valence-electron chi connectivity index (χ2n) is 8.95. The van der Waals surface area contributed by atoms with Gasteiger partial charge in [0.2, 0.25) is 5.88 Å². The van der Waals surface area contributed by atoms with E-state index in [2.05, 4.69) is 20.7 Å². The van der Waals surface area contributed by atoms with E-state index in [1.165, 1.54) is 7.11 Å². The Hall–Kier alpha value is -3.93. The van der Waals surface area contributed by atoms with Crippen molar-refractivity contribution < 1.29 is 23.9 Å². The predicted molar refractivity (Wildman–Crippen MR) is 144 cm³/mol. The average molecular weight is 523 g/mol. The zero-order valence-electron chi connectivity index (χ0n) is 22.0. The highest BCUT2D eigenvalue weighted by Gasteiger charge is 2.30. The molecule has 1 aliphatic rings. The smallest absolute Gasteiger partial charge is 0.345 e. The van der Waals surface area contributed by atoms with Gasteiger partial charge < -0.3 is 24.1 Å². The molecule has 1 aromatic heterocycles. The Morgan fingerprint density at radius 1 is 1.08 bits per heavy atom. The summed E-state index contributed by atoms with van der Waals surface area (Å²) in [6, 6.07) is 12.6. The third-order valence-corrected chi connectivity index (χ3v) is 6.45. The van der Waals surface area contributed by atoms with E-state index < -0.39 is 5.97 Å². The number of hydrogen-bond donors (Lipinski definition) is 3. The lowest BCUT2D eigenvalue weighted by molar-refractivity contribution is 0.0594. The Balaban J connectivity index is 1.63. The van der Waals surface area contributed by atoms with Crippen LogP contribution in [0.1, 0.15) is 32.7 Å². The second-order valence-corrected chi connectivity index (χ2v) is 8.95. The van der Waals surface area contributed by atoms with Gasteiger partial charge in [0, 0.05) is 43.7 Å². The standard InChI is InChI=1S/C27H34N6O5/c1-18-5-10-22-21(17-18)24(23(27(35)36-3)25(31-22)37-16-4-11-30-29-2)32-12-14-33(15-13-32)26(34)19-6-8-20(38-28)9-7-19/h5-10,17,29-30H,4,11-16,28H2,1-3H3. The maximum absolute atomic E-state index is 13.1. The van der Waals surface area contributed by atoms with Crippen LogP contribution in [0.15, 0.2) is 42.5 Å². The molecule has 1 saturated heterocycles. The second kappa shape index (κ2) is 12.5. The molecule has 0 bridgehead atoms. The summed E-state index contributed by atoms with van der Waals surface area (Å²) < 4.78 is 11.2. The quantitative estimate of drug-likeness (QED) is 0.206. The van der Waals surface area contributed by atoms with Crippen molar-refractivity contribution in [3.8, 4) is 11.6 Å². The Bertz CT molecular complexity index is 1280. The molecule has 0 atom stereocenters. The van der Waals surface area contributed by atoms with Gasteiger partial charge in [0.1, 0.15) is 11.3 Å². The van der Waals surface area contributed by atoms with Crippen LogP contribution in [-0.2, 0) is 4.74 Å². The van der Waals surface area contributed by atoms with Crippen molar-refractivity contribution in [2.45, 2.75) is 13.3 Å². The number of carbonyl (C=O) groups is 2. The molecule has 4 rings (SSSR count). The highest BCUT2D eigenvalue weighted by Crippen LogP contribution is 2.37. The van der Waals surface area contributed by atoms with Crippen LogP contribution in [0.5, 0.6) is 11.6 Å². The van der Waals surface area contributed by atoms with Gasteiger partial charge in [0.25, 0.3) is 5.91 Å².